The van der Waals surface area contributed by atoms with E-state index in [-0.39, 0.29) is 11.7 Å². The summed E-state index contributed by atoms with van der Waals surface area (Å²) in [5.41, 5.74) is 2.40. The molecule has 0 saturated heterocycles. The van der Waals surface area contributed by atoms with Gasteiger partial charge in [-0.2, -0.15) is 0 Å². The second kappa shape index (κ2) is 9.29. The Kier molecular flexibility index (Phi) is 7.09. The van der Waals surface area contributed by atoms with E-state index in [2.05, 4.69) is 10.6 Å². The van der Waals surface area contributed by atoms with Crippen molar-refractivity contribution in [2.45, 2.75) is 25.8 Å². The summed E-state index contributed by atoms with van der Waals surface area (Å²) < 4.78 is 11.6. The average Bonchev–Trinajstić information content (AvgIpc) is 2.61. The molecule has 6 heteroatoms. The molecule has 0 aliphatic heterocycles. The number of hydrogen-bond donors (Lipinski definition) is 2. The van der Waals surface area contributed by atoms with Crippen LogP contribution in [-0.2, 0) is 20.4 Å². The van der Waals surface area contributed by atoms with Crippen LogP contribution in [0, 0.1) is 0 Å². The molecule has 0 radical (unpaired) electrons. The largest absolute Gasteiger partial charge is 0.340 e. The highest BCUT2D eigenvalue weighted by atomic mass is 32.2. The van der Waals surface area contributed by atoms with Crippen molar-refractivity contribution in [3.63, 3.8) is 0 Å². The summed E-state index contributed by atoms with van der Waals surface area (Å²) in [5, 5.41) is 5.36. The van der Waals surface area contributed by atoms with E-state index < -0.39 is 28.7 Å². The lowest BCUT2D eigenvalue weighted by Crippen LogP contribution is -2.39. The number of carbonyl (C=O) groups is 2. The van der Waals surface area contributed by atoms with Gasteiger partial charge in [0, 0.05) is 28.5 Å². The molecule has 2 aromatic rings. The molecule has 2 rings (SSSR count). The van der Waals surface area contributed by atoms with Crippen molar-refractivity contribution < 1.29 is 13.8 Å². The number of anilines is 1. The van der Waals surface area contributed by atoms with Gasteiger partial charge in [-0.15, -0.1) is 0 Å². The Morgan fingerprint density at radius 3 is 2.19 bits per heavy atom. The van der Waals surface area contributed by atoms with Crippen molar-refractivity contribution >= 4 is 28.3 Å². The van der Waals surface area contributed by atoms with Gasteiger partial charge in [-0.25, -0.2) is 0 Å². The standard InChI is InChI=1S/C20H24N2O3S/c1-14(2)16-11-7-8-12-17(16)21-19(23)20(24)22-18(13-26(3)25)15-9-5-4-6-10-15/h4-12,14,18H,13H2,1-3H3,(H,21,23)(H,22,24)/t18-,26-/m1/s1. The van der Waals surface area contributed by atoms with Crippen LogP contribution in [0.1, 0.15) is 36.9 Å². The minimum atomic E-state index is -1.12. The Labute approximate surface area is 156 Å². The molecule has 0 heterocycles. The molecule has 138 valence electrons. The molecule has 2 aromatic carbocycles. The van der Waals surface area contributed by atoms with Crippen LogP contribution in [0.5, 0.6) is 0 Å². The molecule has 5 nitrogen and oxygen atoms in total. The Bertz CT molecular complexity index is 791. The van der Waals surface area contributed by atoms with E-state index in [1.165, 1.54) is 0 Å². The van der Waals surface area contributed by atoms with Gasteiger partial charge in [0.25, 0.3) is 0 Å². The molecular weight excluding hydrogens is 348 g/mol. The summed E-state index contributed by atoms with van der Waals surface area (Å²) in [5.74, 6) is -1.02. The van der Waals surface area contributed by atoms with Crippen LogP contribution in [0.4, 0.5) is 5.69 Å². The first-order chi connectivity index (χ1) is 12.4. The van der Waals surface area contributed by atoms with Gasteiger partial charge in [-0.3, -0.25) is 13.8 Å². The Morgan fingerprint density at radius 2 is 1.58 bits per heavy atom. The lowest BCUT2D eigenvalue weighted by molar-refractivity contribution is -0.136. The maximum Gasteiger partial charge on any atom is 0.313 e. The summed E-state index contributed by atoms with van der Waals surface area (Å²) >= 11 is 0. The van der Waals surface area contributed by atoms with E-state index in [1.807, 2.05) is 62.4 Å². The SMILES string of the molecule is CC(C)c1ccccc1NC(=O)C(=O)N[C@H](C[S@@](C)=O)c1ccccc1. The first kappa shape index (κ1) is 19.8. The van der Waals surface area contributed by atoms with Gasteiger partial charge in [0.05, 0.1) is 6.04 Å². The van der Waals surface area contributed by atoms with Crippen molar-refractivity contribution in [1.29, 1.82) is 0 Å². The maximum atomic E-state index is 12.4. The molecule has 0 aliphatic rings. The van der Waals surface area contributed by atoms with Crippen LogP contribution in [0.25, 0.3) is 0 Å². The lowest BCUT2D eigenvalue weighted by Gasteiger charge is -2.18. The van der Waals surface area contributed by atoms with Crippen LogP contribution in [0.3, 0.4) is 0 Å². The fourth-order valence-corrected chi connectivity index (χ4v) is 3.40. The average molecular weight is 372 g/mol. The first-order valence-corrected chi connectivity index (χ1v) is 10.2. The highest BCUT2D eigenvalue weighted by molar-refractivity contribution is 7.84. The van der Waals surface area contributed by atoms with Gasteiger partial charge in [-0.05, 0) is 23.1 Å². The predicted octanol–water partition coefficient (Wildman–Crippen LogP) is 2.98. The number of benzene rings is 2. The van der Waals surface area contributed by atoms with Gasteiger partial charge in [-0.1, -0.05) is 62.4 Å². The third kappa shape index (κ3) is 5.52. The highest BCUT2D eigenvalue weighted by Crippen LogP contribution is 2.23. The second-order valence-corrected chi connectivity index (χ2v) is 7.85. The van der Waals surface area contributed by atoms with E-state index in [0.29, 0.717) is 5.69 Å². The fraction of sp³-hybridized carbons (Fsp3) is 0.300. The quantitative estimate of drug-likeness (QED) is 0.766. The van der Waals surface area contributed by atoms with Gasteiger partial charge < -0.3 is 10.6 Å². The predicted molar refractivity (Wildman–Crippen MR) is 105 cm³/mol. The van der Waals surface area contributed by atoms with Crippen molar-refractivity contribution in [2.24, 2.45) is 0 Å². The van der Waals surface area contributed by atoms with Crippen LogP contribution in [0.15, 0.2) is 54.6 Å². The van der Waals surface area contributed by atoms with Crippen LogP contribution < -0.4 is 10.6 Å². The lowest BCUT2D eigenvalue weighted by atomic mass is 10.0. The fourth-order valence-electron chi connectivity index (χ4n) is 2.66. The summed E-state index contributed by atoms with van der Waals surface area (Å²) in [6, 6.07) is 16.1. The molecule has 0 aliphatic carbocycles. The molecule has 0 aromatic heterocycles. The summed E-state index contributed by atoms with van der Waals surface area (Å²) in [4.78, 5) is 24.7. The van der Waals surface area contributed by atoms with E-state index in [4.69, 9.17) is 0 Å². The Morgan fingerprint density at radius 1 is 0.962 bits per heavy atom. The van der Waals surface area contributed by atoms with Gasteiger partial charge in [0.15, 0.2) is 0 Å². The van der Waals surface area contributed by atoms with E-state index >= 15 is 0 Å². The topological polar surface area (TPSA) is 75.3 Å². The van der Waals surface area contributed by atoms with Crippen LogP contribution >= 0.6 is 0 Å². The zero-order valence-corrected chi connectivity index (χ0v) is 16.0. The van der Waals surface area contributed by atoms with E-state index in [9.17, 15) is 13.8 Å². The molecule has 26 heavy (non-hydrogen) atoms. The van der Waals surface area contributed by atoms with Gasteiger partial charge >= 0.3 is 11.8 Å². The number of amides is 2. The number of carbonyl (C=O) groups excluding carboxylic acids is 2. The second-order valence-electron chi connectivity index (χ2n) is 6.37. The summed E-state index contributed by atoms with van der Waals surface area (Å²) in [7, 11) is -1.12. The van der Waals surface area contributed by atoms with Gasteiger partial charge in [0.2, 0.25) is 0 Å². The highest BCUT2D eigenvalue weighted by Gasteiger charge is 2.22. The number of nitrogens with one attached hydrogen (secondary N) is 2. The normalized spacial score (nSPS) is 13.1. The minimum absolute atomic E-state index is 0.217. The molecular formula is C20H24N2O3S. The molecule has 2 N–H and O–H groups in total. The van der Waals surface area contributed by atoms with E-state index in [1.54, 1.807) is 12.3 Å². The summed E-state index contributed by atoms with van der Waals surface area (Å²) in [6.45, 7) is 4.04. The van der Waals surface area contributed by atoms with Crippen molar-refractivity contribution in [3.8, 4) is 0 Å². The smallest absolute Gasteiger partial charge is 0.313 e. The van der Waals surface area contributed by atoms with Crippen molar-refractivity contribution in [3.05, 3.63) is 65.7 Å². The minimum Gasteiger partial charge on any atom is -0.340 e. The molecule has 0 bridgehead atoms. The monoisotopic (exact) mass is 372 g/mol. The molecule has 0 saturated carbocycles. The van der Waals surface area contributed by atoms with Gasteiger partial charge in [0.1, 0.15) is 0 Å². The Balaban J connectivity index is 2.12. The molecule has 2 amide bonds. The third-order valence-corrected chi connectivity index (χ3v) is 4.75. The molecule has 2 atom stereocenters. The van der Waals surface area contributed by atoms with E-state index in [0.717, 1.165) is 11.1 Å². The number of rotatable bonds is 6. The maximum absolute atomic E-state index is 12.4. The van der Waals surface area contributed by atoms with Crippen LogP contribution in [0.2, 0.25) is 0 Å². The Hall–Kier alpha value is -2.47. The molecule has 0 unspecified atom stereocenters. The van der Waals surface area contributed by atoms with Crippen LogP contribution in [-0.4, -0.2) is 28.0 Å². The number of hydrogen-bond acceptors (Lipinski definition) is 3. The molecule has 0 spiro atoms. The number of para-hydroxylation sites is 1. The molecule has 0 fully saturated rings. The van der Waals surface area contributed by atoms with Crippen molar-refractivity contribution in [2.75, 3.05) is 17.3 Å². The summed E-state index contributed by atoms with van der Waals surface area (Å²) in [6.07, 6.45) is 1.57. The zero-order valence-electron chi connectivity index (χ0n) is 15.2. The third-order valence-electron chi connectivity index (χ3n) is 3.95. The first-order valence-electron chi connectivity index (χ1n) is 8.44. The van der Waals surface area contributed by atoms with Crippen molar-refractivity contribution in [1.82, 2.24) is 5.32 Å². The zero-order chi connectivity index (χ0) is 19.1.